The van der Waals surface area contributed by atoms with Gasteiger partial charge in [0, 0.05) is 15.7 Å². The van der Waals surface area contributed by atoms with Gasteiger partial charge in [-0.1, -0.05) is 28.1 Å². The highest BCUT2D eigenvalue weighted by Gasteiger charge is 2.12. The Bertz CT molecular complexity index is 1130. The molecule has 0 aliphatic heterocycles. The molecule has 3 aromatic carbocycles. The van der Waals surface area contributed by atoms with E-state index in [0.29, 0.717) is 34.3 Å². The summed E-state index contributed by atoms with van der Waals surface area (Å²) in [6, 6.07) is 19.9. The zero-order valence-corrected chi connectivity index (χ0v) is 20.0. The van der Waals surface area contributed by atoms with Crippen LogP contribution in [0.5, 0.6) is 11.5 Å². The number of esters is 1. The predicted octanol–water partition coefficient (Wildman–Crippen LogP) is 5.70. The molecule has 0 atom stereocenters. The molecule has 3 rings (SSSR count). The van der Waals surface area contributed by atoms with Crippen molar-refractivity contribution in [1.82, 2.24) is 5.43 Å². The van der Waals surface area contributed by atoms with Crippen LogP contribution >= 0.6 is 28.1 Å². The Kier molecular flexibility index (Phi) is 8.35. The van der Waals surface area contributed by atoms with Crippen molar-refractivity contribution in [2.75, 3.05) is 11.9 Å². The van der Waals surface area contributed by atoms with Gasteiger partial charge in [-0.05, 0) is 86.2 Å². The molecular weight excluding hydrogens is 490 g/mol. The van der Waals surface area contributed by atoms with Crippen LogP contribution in [0, 0.1) is 6.92 Å². The average Bonchev–Trinajstić information content (AvgIpc) is 2.76. The van der Waals surface area contributed by atoms with E-state index in [9.17, 15) is 4.79 Å². The average molecular weight is 512 g/mol. The lowest BCUT2D eigenvalue weighted by molar-refractivity contribution is 0.0734. The minimum Gasteiger partial charge on any atom is -0.494 e. The van der Waals surface area contributed by atoms with E-state index in [0.717, 1.165) is 15.7 Å². The highest BCUT2D eigenvalue weighted by Crippen LogP contribution is 2.23. The van der Waals surface area contributed by atoms with Gasteiger partial charge in [0.1, 0.15) is 11.5 Å². The second-order valence-electron chi connectivity index (χ2n) is 6.72. The number of aryl methyl sites for hydroxylation is 1. The number of anilines is 1. The molecule has 164 valence electrons. The molecular formula is C24H22BrN3O3S. The number of halogens is 1. The Labute approximate surface area is 200 Å². The number of ether oxygens (including phenoxy) is 2. The largest absolute Gasteiger partial charge is 0.494 e. The van der Waals surface area contributed by atoms with E-state index in [1.807, 2.05) is 38.1 Å². The van der Waals surface area contributed by atoms with Gasteiger partial charge in [-0.2, -0.15) is 5.10 Å². The van der Waals surface area contributed by atoms with Crippen molar-refractivity contribution in [3.8, 4) is 11.5 Å². The molecule has 0 amide bonds. The highest BCUT2D eigenvalue weighted by atomic mass is 79.9. The van der Waals surface area contributed by atoms with Gasteiger partial charge in [-0.3, -0.25) is 5.43 Å². The van der Waals surface area contributed by atoms with Crippen molar-refractivity contribution in [3.05, 3.63) is 87.9 Å². The lowest BCUT2D eigenvalue weighted by Gasteiger charge is -2.10. The summed E-state index contributed by atoms with van der Waals surface area (Å²) in [5.41, 5.74) is 5.77. The monoisotopic (exact) mass is 511 g/mol. The van der Waals surface area contributed by atoms with Crippen LogP contribution in [0.15, 0.2) is 76.3 Å². The van der Waals surface area contributed by atoms with Crippen molar-refractivity contribution in [3.63, 3.8) is 0 Å². The molecule has 32 heavy (non-hydrogen) atoms. The van der Waals surface area contributed by atoms with Crippen LogP contribution in [0.1, 0.15) is 28.4 Å². The number of nitrogens with one attached hydrogen (secondary N) is 2. The molecule has 0 radical (unpaired) electrons. The highest BCUT2D eigenvalue weighted by molar-refractivity contribution is 9.10. The lowest BCUT2D eigenvalue weighted by Crippen LogP contribution is -2.23. The second-order valence-corrected chi connectivity index (χ2v) is 8.05. The fourth-order valence-corrected chi connectivity index (χ4v) is 3.32. The summed E-state index contributed by atoms with van der Waals surface area (Å²) >= 11 is 8.70. The SMILES string of the molecule is CCOc1ccc(C(=O)Oc2ccc(Br)cc2C=NNC(=S)Nc2cccc(C)c2)cc1. The van der Waals surface area contributed by atoms with E-state index < -0.39 is 5.97 Å². The van der Waals surface area contributed by atoms with Crippen LogP contribution in [-0.2, 0) is 0 Å². The summed E-state index contributed by atoms with van der Waals surface area (Å²) in [5.74, 6) is 0.589. The van der Waals surface area contributed by atoms with Gasteiger partial charge in [-0.25, -0.2) is 4.79 Å². The molecule has 0 fully saturated rings. The Morgan fingerprint density at radius 1 is 1.12 bits per heavy atom. The van der Waals surface area contributed by atoms with E-state index in [1.54, 1.807) is 42.5 Å². The van der Waals surface area contributed by atoms with Gasteiger partial charge in [0.2, 0.25) is 0 Å². The molecule has 0 heterocycles. The van der Waals surface area contributed by atoms with Crippen molar-refractivity contribution in [2.45, 2.75) is 13.8 Å². The van der Waals surface area contributed by atoms with Crippen molar-refractivity contribution in [2.24, 2.45) is 5.10 Å². The number of hydrazone groups is 1. The predicted molar refractivity (Wildman–Crippen MR) is 135 cm³/mol. The maximum absolute atomic E-state index is 12.6. The first-order valence-electron chi connectivity index (χ1n) is 9.86. The maximum Gasteiger partial charge on any atom is 0.343 e. The molecule has 8 heteroatoms. The van der Waals surface area contributed by atoms with Crippen molar-refractivity contribution < 1.29 is 14.3 Å². The molecule has 0 bridgehead atoms. The van der Waals surface area contributed by atoms with Crippen LogP contribution in [0.3, 0.4) is 0 Å². The Morgan fingerprint density at radius 2 is 1.91 bits per heavy atom. The van der Waals surface area contributed by atoms with Gasteiger partial charge in [0.05, 0.1) is 18.4 Å². The Morgan fingerprint density at radius 3 is 2.62 bits per heavy atom. The zero-order chi connectivity index (χ0) is 22.9. The van der Waals surface area contributed by atoms with Crippen LogP contribution in [0.4, 0.5) is 5.69 Å². The van der Waals surface area contributed by atoms with E-state index in [1.165, 1.54) is 6.21 Å². The van der Waals surface area contributed by atoms with Crippen molar-refractivity contribution >= 4 is 51.1 Å². The summed E-state index contributed by atoms with van der Waals surface area (Å²) in [5, 5.41) is 7.57. The first kappa shape index (κ1) is 23.4. The van der Waals surface area contributed by atoms with Gasteiger partial charge in [-0.15, -0.1) is 0 Å². The number of hydrogen-bond acceptors (Lipinski definition) is 5. The molecule has 0 spiro atoms. The Balaban J connectivity index is 1.66. The van der Waals surface area contributed by atoms with E-state index in [4.69, 9.17) is 21.7 Å². The number of benzene rings is 3. The third kappa shape index (κ3) is 6.90. The molecule has 0 saturated carbocycles. The summed E-state index contributed by atoms with van der Waals surface area (Å²) in [4.78, 5) is 12.6. The van der Waals surface area contributed by atoms with E-state index in [2.05, 4.69) is 31.8 Å². The normalized spacial score (nSPS) is 10.6. The molecule has 2 N–H and O–H groups in total. The summed E-state index contributed by atoms with van der Waals surface area (Å²) < 4.78 is 11.8. The van der Waals surface area contributed by atoms with Crippen LogP contribution in [-0.4, -0.2) is 23.9 Å². The van der Waals surface area contributed by atoms with Crippen molar-refractivity contribution in [1.29, 1.82) is 0 Å². The number of carbonyl (C=O) groups excluding carboxylic acids is 1. The number of carbonyl (C=O) groups is 1. The quantitative estimate of drug-likeness (QED) is 0.139. The minimum atomic E-state index is -0.477. The van der Waals surface area contributed by atoms with Crippen LogP contribution < -0.4 is 20.2 Å². The first-order valence-corrected chi connectivity index (χ1v) is 11.1. The van der Waals surface area contributed by atoms with Crippen LogP contribution in [0.2, 0.25) is 0 Å². The lowest BCUT2D eigenvalue weighted by atomic mass is 10.2. The third-order valence-corrected chi connectivity index (χ3v) is 4.91. The van der Waals surface area contributed by atoms with Gasteiger partial charge >= 0.3 is 5.97 Å². The number of hydrogen-bond donors (Lipinski definition) is 2. The topological polar surface area (TPSA) is 72.0 Å². The molecule has 0 unspecified atom stereocenters. The maximum atomic E-state index is 12.6. The van der Waals surface area contributed by atoms with Gasteiger partial charge in [0.15, 0.2) is 5.11 Å². The standard InChI is InChI=1S/C24H22BrN3O3S/c1-3-30-21-10-7-17(8-11-21)23(29)31-22-12-9-19(25)14-18(22)15-26-28-24(32)27-20-6-4-5-16(2)13-20/h4-15H,3H2,1-2H3,(H2,27,28,32). The molecule has 0 aliphatic rings. The number of rotatable bonds is 7. The van der Waals surface area contributed by atoms with E-state index >= 15 is 0 Å². The smallest absolute Gasteiger partial charge is 0.343 e. The minimum absolute atomic E-state index is 0.342. The Hall–Kier alpha value is -3.23. The van der Waals surface area contributed by atoms with Gasteiger partial charge < -0.3 is 14.8 Å². The summed E-state index contributed by atoms with van der Waals surface area (Å²) in [6.07, 6.45) is 1.54. The fraction of sp³-hybridized carbons (Fsp3) is 0.125. The summed E-state index contributed by atoms with van der Waals surface area (Å²) in [7, 11) is 0. The molecule has 0 saturated heterocycles. The second kappa shape index (κ2) is 11.4. The molecule has 0 aromatic heterocycles. The molecule has 0 aliphatic carbocycles. The third-order valence-electron chi connectivity index (χ3n) is 4.22. The summed E-state index contributed by atoms with van der Waals surface area (Å²) in [6.45, 7) is 4.46. The van der Waals surface area contributed by atoms with Crippen LogP contribution in [0.25, 0.3) is 0 Å². The molecule has 6 nitrogen and oxygen atoms in total. The van der Waals surface area contributed by atoms with Gasteiger partial charge in [0.25, 0.3) is 0 Å². The zero-order valence-electron chi connectivity index (χ0n) is 17.6. The molecule has 3 aromatic rings. The number of thiocarbonyl (C=S) groups is 1. The first-order chi connectivity index (χ1) is 15.4. The number of nitrogens with zero attached hydrogens (tertiary/aromatic N) is 1. The van der Waals surface area contributed by atoms with E-state index in [-0.39, 0.29) is 0 Å². The fourth-order valence-electron chi connectivity index (χ4n) is 2.77.